The third kappa shape index (κ3) is 8.40. The second kappa shape index (κ2) is 12.3. The lowest BCUT2D eigenvalue weighted by Crippen LogP contribution is -2.49. The van der Waals surface area contributed by atoms with Crippen molar-refractivity contribution < 1.29 is 24.2 Å². The summed E-state index contributed by atoms with van der Waals surface area (Å²) in [6, 6.07) is 4.02. The highest BCUT2D eigenvalue weighted by Gasteiger charge is 2.34. The van der Waals surface area contributed by atoms with Crippen molar-refractivity contribution in [3.05, 3.63) is 29.3 Å². The molecule has 8 nitrogen and oxygen atoms in total. The zero-order valence-electron chi connectivity index (χ0n) is 20.4. The lowest BCUT2D eigenvalue weighted by Gasteiger charge is -2.33. The van der Waals surface area contributed by atoms with Crippen LogP contribution >= 0.6 is 0 Å². The van der Waals surface area contributed by atoms with Crippen LogP contribution in [0.1, 0.15) is 78.0 Å². The third-order valence-corrected chi connectivity index (χ3v) is 4.80. The number of phenolic OH excluding ortho intramolecular Hbond substituents is 1. The summed E-state index contributed by atoms with van der Waals surface area (Å²) in [5.41, 5.74) is 0.268. The van der Waals surface area contributed by atoms with Gasteiger partial charge in [0.1, 0.15) is 23.9 Å². The molecule has 2 unspecified atom stereocenters. The first-order valence-electron chi connectivity index (χ1n) is 11.3. The Morgan fingerprint density at radius 3 is 2.38 bits per heavy atom. The average molecular weight is 450 g/mol. The molecule has 0 aromatic heterocycles. The van der Waals surface area contributed by atoms with E-state index in [0.29, 0.717) is 17.5 Å². The first-order chi connectivity index (χ1) is 14.9. The van der Waals surface area contributed by atoms with Gasteiger partial charge in [0.2, 0.25) is 11.8 Å². The van der Waals surface area contributed by atoms with E-state index in [0.717, 1.165) is 12.8 Å². The molecule has 180 valence electrons. The summed E-state index contributed by atoms with van der Waals surface area (Å²) in [5, 5.41) is 16.1. The zero-order valence-corrected chi connectivity index (χ0v) is 20.4. The van der Waals surface area contributed by atoms with Gasteiger partial charge in [0.15, 0.2) is 0 Å². The van der Waals surface area contributed by atoms with E-state index in [-0.39, 0.29) is 30.8 Å². The molecule has 0 saturated heterocycles. The van der Waals surface area contributed by atoms with Crippen molar-refractivity contribution in [1.29, 1.82) is 0 Å². The summed E-state index contributed by atoms with van der Waals surface area (Å²) in [6.07, 6.45) is 1.58. The Labute approximate surface area is 191 Å². The summed E-state index contributed by atoms with van der Waals surface area (Å²) in [5.74, 6) is -0.836. The second-order valence-electron chi connectivity index (χ2n) is 9.06. The first-order valence-corrected chi connectivity index (χ1v) is 11.3. The van der Waals surface area contributed by atoms with Gasteiger partial charge < -0.3 is 25.4 Å². The van der Waals surface area contributed by atoms with E-state index >= 15 is 0 Å². The highest BCUT2D eigenvalue weighted by molar-refractivity contribution is 5.91. The van der Waals surface area contributed by atoms with Gasteiger partial charge in [-0.05, 0) is 53.0 Å². The first kappa shape index (κ1) is 27.3. The molecule has 0 heterocycles. The fraction of sp³-hybridized carbons (Fsp3) is 0.625. The summed E-state index contributed by atoms with van der Waals surface area (Å²) in [6.45, 7) is 12.7. The minimum atomic E-state index is -1.03. The molecule has 0 fully saturated rings. The number of carbonyl (C=O) groups excluding carboxylic acids is 3. The quantitative estimate of drug-likeness (QED) is 0.503. The van der Waals surface area contributed by atoms with Crippen LogP contribution in [0.15, 0.2) is 18.2 Å². The Morgan fingerprint density at radius 2 is 1.81 bits per heavy atom. The number of hydrogen-bond acceptors (Lipinski definition) is 5. The number of hydrogen-bond donors (Lipinski definition) is 3. The van der Waals surface area contributed by atoms with E-state index in [1.807, 2.05) is 20.8 Å². The highest BCUT2D eigenvalue weighted by Crippen LogP contribution is 2.32. The molecule has 1 rings (SSSR count). The van der Waals surface area contributed by atoms with Crippen molar-refractivity contribution in [1.82, 2.24) is 15.5 Å². The maximum atomic E-state index is 13.3. The van der Waals surface area contributed by atoms with Gasteiger partial charge in [0.25, 0.3) is 0 Å². The third-order valence-electron chi connectivity index (χ3n) is 4.80. The molecule has 8 heteroatoms. The number of para-hydroxylation sites is 1. The van der Waals surface area contributed by atoms with E-state index in [1.165, 1.54) is 4.90 Å². The van der Waals surface area contributed by atoms with E-state index in [9.17, 15) is 19.5 Å². The second-order valence-corrected chi connectivity index (χ2v) is 9.06. The van der Waals surface area contributed by atoms with Gasteiger partial charge >= 0.3 is 6.09 Å². The minimum Gasteiger partial charge on any atom is -0.507 e. The lowest BCUT2D eigenvalue weighted by atomic mass is 9.99. The molecule has 0 spiro atoms. The number of aryl methyl sites for hydroxylation is 1. The summed E-state index contributed by atoms with van der Waals surface area (Å²) < 4.78 is 5.19. The van der Waals surface area contributed by atoms with Crippen LogP contribution in [0.3, 0.4) is 0 Å². The molecule has 1 aromatic carbocycles. The number of rotatable bonds is 10. The number of alkyl carbamates (subject to hydrolysis) is 1. The summed E-state index contributed by atoms with van der Waals surface area (Å²) in [7, 11) is 0. The Bertz CT molecular complexity index is 788. The normalized spacial score (nSPS) is 13.1. The summed E-state index contributed by atoms with van der Waals surface area (Å²) >= 11 is 0. The number of phenols is 1. The molecule has 32 heavy (non-hydrogen) atoms. The Morgan fingerprint density at radius 1 is 1.16 bits per heavy atom. The van der Waals surface area contributed by atoms with Crippen molar-refractivity contribution in [2.75, 3.05) is 13.1 Å². The van der Waals surface area contributed by atoms with Crippen LogP contribution in [0, 0.1) is 6.92 Å². The van der Waals surface area contributed by atoms with Crippen molar-refractivity contribution >= 4 is 17.9 Å². The fourth-order valence-corrected chi connectivity index (χ4v) is 3.38. The standard InChI is InChI=1S/C24H39N3O5/c1-8-11-17(4)26-22(30)20(18-13-10-12-16(3)21(18)29)27(14-9-2)19(28)15-25-23(31)32-24(5,6)7/h10,12-13,17,20,29H,8-9,11,14-15H2,1-7H3,(H,25,31)(H,26,30). The van der Waals surface area contributed by atoms with Gasteiger partial charge in [0.05, 0.1) is 0 Å². The molecule has 0 aliphatic rings. The number of ether oxygens (including phenoxy) is 1. The van der Waals surface area contributed by atoms with Crippen LogP contribution in [0.2, 0.25) is 0 Å². The molecule has 0 aliphatic heterocycles. The maximum Gasteiger partial charge on any atom is 0.408 e. The molecule has 3 N–H and O–H groups in total. The van der Waals surface area contributed by atoms with Crippen LogP contribution in [0.4, 0.5) is 4.79 Å². The molecule has 0 aliphatic carbocycles. The van der Waals surface area contributed by atoms with Crippen molar-refractivity contribution in [2.45, 2.75) is 85.4 Å². The monoisotopic (exact) mass is 449 g/mol. The van der Waals surface area contributed by atoms with Gasteiger partial charge in [0, 0.05) is 18.2 Å². The van der Waals surface area contributed by atoms with Gasteiger partial charge in [-0.1, -0.05) is 38.5 Å². The molecule has 1 aromatic rings. The number of carbonyl (C=O) groups is 3. The van der Waals surface area contributed by atoms with Crippen LogP contribution in [0.5, 0.6) is 5.75 Å². The molecule has 0 saturated carbocycles. The number of nitrogens with one attached hydrogen (secondary N) is 2. The van der Waals surface area contributed by atoms with Crippen LogP contribution in [0.25, 0.3) is 0 Å². The molecular weight excluding hydrogens is 410 g/mol. The Balaban J connectivity index is 3.23. The van der Waals surface area contributed by atoms with Gasteiger partial charge in [-0.2, -0.15) is 0 Å². The zero-order chi connectivity index (χ0) is 24.5. The number of nitrogens with zero attached hydrogens (tertiary/aromatic N) is 1. The van der Waals surface area contributed by atoms with Crippen molar-refractivity contribution in [3.8, 4) is 5.75 Å². The Hall–Kier alpha value is -2.77. The van der Waals surface area contributed by atoms with Gasteiger partial charge in [-0.15, -0.1) is 0 Å². The molecular formula is C24H39N3O5. The van der Waals surface area contributed by atoms with Crippen LogP contribution in [-0.4, -0.2) is 52.6 Å². The number of aromatic hydroxyl groups is 1. The topological polar surface area (TPSA) is 108 Å². The van der Waals surface area contributed by atoms with E-state index in [1.54, 1.807) is 45.9 Å². The maximum absolute atomic E-state index is 13.3. The molecule has 3 amide bonds. The van der Waals surface area contributed by atoms with Crippen molar-refractivity contribution in [2.24, 2.45) is 0 Å². The average Bonchev–Trinajstić information content (AvgIpc) is 2.67. The fourth-order valence-electron chi connectivity index (χ4n) is 3.38. The number of amides is 3. The van der Waals surface area contributed by atoms with E-state index in [4.69, 9.17) is 4.74 Å². The molecule has 2 atom stereocenters. The van der Waals surface area contributed by atoms with Gasteiger partial charge in [-0.25, -0.2) is 4.79 Å². The minimum absolute atomic E-state index is 0.0233. The van der Waals surface area contributed by atoms with Crippen molar-refractivity contribution in [3.63, 3.8) is 0 Å². The molecule has 0 bridgehead atoms. The smallest absolute Gasteiger partial charge is 0.408 e. The summed E-state index contributed by atoms with van der Waals surface area (Å²) in [4.78, 5) is 39.8. The lowest BCUT2D eigenvalue weighted by molar-refractivity contribution is -0.140. The van der Waals surface area contributed by atoms with E-state index in [2.05, 4.69) is 10.6 Å². The number of benzene rings is 1. The predicted octanol–water partition coefficient (Wildman–Crippen LogP) is 3.81. The predicted molar refractivity (Wildman–Crippen MR) is 124 cm³/mol. The highest BCUT2D eigenvalue weighted by atomic mass is 16.6. The largest absolute Gasteiger partial charge is 0.507 e. The van der Waals surface area contributed by atoms with Crippen LogP contribution in [-0.2, 0) is 14.3 Å². The Kier molecular flexibility index (Phi) is 10.5. The van der Waals surface area contributed by atoms with Gasteiger partial charge in [-0.3, -0.25) is 9.59 Å². The van der Waals surface area contributed by atoms with E-state index < -0.39 is 23.6 Å². The molecule has 0 radical (unpaired) electrons. The van der Waals surface area contributed by atoms with Crippen LogP contribution < -0.4 is 10.6 Å². The SMILES string of the molecule is CCCC(C)NC(=O)C(c1cccc(C)c1O)N(CCC)C(=O)CNC(=O)OC(C)(C)C.